The van der Waals surface area contributed by atoms with Gasteiger partial charge in [0.2, 0.25) is 0 Å². The first-order valence-corrected chi connectivity index (χ1v) is 5.91. The SMILES string of the molecule is COC(=O)CCNCc1nnnn1-c1ccccc1. The van der Waals surface area contributed by atoms with E-state index >= 15 is 0 Å². The Morgan fingerprint density at radius 2 is 2.16 bits per heavy atom. The van der Waals surface area contributed by atoms with Crippen molar-refractivity contribution in [2.75, 3.05) is 13.7 Å². The second-order valence-electron chi connectivity index (χ2n) is 3.85. The molecule has 100 valence electrons. The third kappa shape index (κ3) is 3.59. The van der Waals surface area contributed by atoms with Crippen molar-refractivity contribution in [1.82, 2.24) is 25.5 Å². The molecule has 1 heterocycles. The summed E-state index contributed by atoms with van der Waals surface area (Å²) < 4.78 is 6.21. The number of esters is 1. The molecule has 1 aromatic carbocycles. The van der Waals surface area contributed by atoms with Gasteiger partial charge in [-0.1, -0.05) is 18.2 Å². The topological polar surface area (TPSA) is 81.9 Å². The lowest BCUT2D eigenvalue weighted by Crippen LogP contribution is -2.20. The van der Waals surface area contributed by atoms with Crippen LogP contribution in [0.4, 0.5) is 0 Å². The molecular weight excluding hydrogens is 246 g/mol. The smallest absolute Gasteiger partial charge is 0.306 e. The van der Waals surface area contributed by atoms with Gasteiger partial charge in [0.1, 0.15) is 0 Å². The summed E-state index contributed by atoms with van der Waals surface area (Å²) in [4.78, 5) is 11.0. The molecule has 19 heavy (non-hydrogen) atoms. The lowest BCUT2D eigenvalue weighted by molar-refractivity contribution is -0.140. The van der Waals surface area contributed by atoms with E-state index in [1.807, 2.05) is 30.3 Å². The van der Waals surface area contributed by atoms with Crippen LogP contribution in [0.5, 0.6) is 0 Å². The molecule has 2 aromatic rings. The van der Waals surface area contributed by atoms with E-state index in [0.717, 1.165) is 5.69 Å². The first kappa shape index (κ1) is 13.2. The Kier molecular flexibility index (Phi) is 4.57. The van der Waals surface area contributed by atoms with E-state index in [9.17, 15) is 4.79 Å². The van der Waals surface area contributed by atoms with Crippen LogP contribution in [0, 0.1) is 0 Å². The highest BCUT2D eigenvalue weighted by molar-refractivity contribution is 5.69. The van der Waals surface area contributed by atoms with Crippen LogP contribution in [0.25, 0.3) is 5.69 Å². The summed E-state index contributed by atoms with van der Waals surface area (Å²) in [6, 6.07) is 9.63. The summed E-state index contributed by atoms with van der Waals surface area (Å²) in [7, 11) is 1.37. The lowest BCUT2D eigenvalue weighted by atomic mass is 10.3. The Bertz CT molecular complexity index is 526. The van der Waals surface area contributed by atoms with Crippen molar-refractivity contribution in [2.24, 2.45) is 0 Å². The molecule has 0 spiro atoms. The highest BCUT2D eigenvalue weighted by Gasteiger charge is 2.07. The van der Waals surface area contributed by atoms with Gasteiger partial charge in [-0.3, -0.25) is 4.79 Å². The average Bonchev–Trinajstić information content (AvgIpc) is 2.92. The van der Waals surface area contributed by atoms with Crippen molar-refractivity contribution in [1.29, 1.82) is 0 Å². The molecule has 7 heteroatoms. The fraction of sp³-hybridized carbons (Fsp3) is 0.333. The maximum absolute atomic E-state index is 11.0. The zero-order valence-electron chi connectivity index (χ0n) is 10.6. The summed E-state index contributed by atoms with van der Waals surface area (Å²) in [5.74, 6) is 0.450. The van der Waals surface area contributed by atoms with Gasteiger partial charge in [0.25, 0.3) is 0 Å². The maximum Gasteiger partial charge on any atom is 0.306 e. The molecule has 0 amide bonds. The molecular formula is C12H15N5O2. The van der Waals surface area contributed by atoms with Gasteiger partial charge in [0, 0.05) is 6.54 Å². The second-order valence-corrected chi connectivity index (χ2v) is 3.85. The molecule has 2 rings (SSSR count). The zero-order valence-corrected chi connectivity index (χ0v) is 10.6. The summed E-state index contributed by atoms with van der Waals surface area (Å²) in [5.41, 5.74) is 0.900. The highest BCUT2D eigenvalue weighted by Crippen LogP contribution is 2.06. The molecule has 0 fully saturated rings. The van der Waals surface area contributed by atoms with Crippen LogP contribution in [0.1, 0.15) is 12.2 Å². The van der Waals surface area contributed by atoms with Crippen molar-refractivity contribution >= 4 is 5.97 Å². The second kappa shape index (κ2) is 6.60. The molecule has 0 atom stereocenters. The monoisotopic (exact) mass is 261 g/mol. The number of methoxy groups -OCH3 is 1. The predicted molar refractivity (Wildman–Crippen MR) is 67.5 cm³/mol. The third-order valence-electron chi connectivity index (χ3n) is 2.55. The molecule has 0 saturated heterocycles. The minimum atomic E-state index is -0.241. The van der Waals surface area contributed by atoms with Crippen LogP contribution >= 0.6 is 0 Å². The molecule has 0 aliphatic carbocycles. The van der Waals surface area contributed by atoms with Crippen LogP contribution in [-0.2, 0) is 16.1 Å². The van der Waals surface area contributed by atoms with Crippen molar-refractivity contribution < 1.29 is 9.53 Å². The lowest BCUT2D eigenvalue weighted by Gasteiger charge is -2.05. The molecule has 0 bridgehead atoms. The number of tetrazole rings is 1. The molecule has 0 unspecified atom stereocenters. The normalized spacial score (nSPS) is 10.4. The number of hydrogen-bond donors (Lipinski definition) is 1. The Hall–Kier alpha value is -2.28. The molecule has 0 radical (unpaired) electrons. The van der Waals surface area contributed by atoms with Gasteiger partial charge in [0.15, 0.2) is 5.82 Å². The fourth-order valence-corrected chi connectivity index (χ4v) is 1.58. The van der Waals surface area contributed by atoms with Gasteiger partial charge < -0.3 is 10.1 Å². The van der Waals surface area contributed by atoms with Gasteiger partial charge in [-0.2, -0.15) is 4.68 Å². The van der Waals surface area contributed by atoms with E-state index in [-0.39, 0.29) is 5.97 Å². The Morgan fingerprint density at radius 3 is 2.89 bits per heavy atom. The summed E-state index contributed by atoms with van der Waals surface area (Å²) in [5, 5.41) is 14.7. The summed E-state index contributed by atoms with van der Waals surface area (Å²) in [6.45, 7) is 1.01. The Morgan fingerprint density at radius 1 is 1.37 bits per heavy atom. The number of nitrogens with one attached hydrogen (secondary N) is 1. The van der Waals surface area contributed by atoms with Crippen LogP contribution in [0.15, 0.2) is 30.3 Å². The molecule has 1 N–H and O–H groups in total. The van der Waals surface area contributed by atoms with Crippen LogP contribution in [-0.4, -0.2) is 39.8 Å². The average molecular weight is 261 g/mol. The van der Waals surface area contributed by atoms with Crippen molar-refractivity contribution in [3.63, 3.8) is 0 Å². The third-order valence-corrected chi connectivity index (χ3v) is 2.55. The Labute approximate surface area is 110 Å². The van der Waals surface area contributed by atoms with Gasteiger partial charge in [0.05, 0.1) is 25.8 Å². The number of para-hydroxylation sites is 1. The number of aromatic nitrogens is 4. The number of carbonyl (C=O) groups excluding carboxylic acids is 1. The van der Waals surface area contributed by atoms with Crippen LogP contribution in [0.3, 0.4) is 0 Å². The standard InChI is InChI=1S/C12H15N5O2/c1-19-12(18)7-8-13-9-11-14-15-16-17(11)10-5-3-2-4-6-10/h2-6,13H,7-9H2,1H3. The summed E-state index contributed by atoms with van der Waals surface area (Å²) in [6.07, 6.45) is 0.323. The zero-order chi connectivity index (χ0) is 13.5. The van der Waals surface area contributed by atoms with Crippen molar-refractivity contribution in [3.8, 4) is 5.69 Å². The van der Waals surface area contributed by atoms with Gasteiger partial charge >= 0.3 is 5.97 Å². The number of rotatable bonds is 6. The van der Waals surface area contributed by atoms with E-state index in [2.05, 4.69) is 25.6 Å². The number of ether oxygens (including phenoxy) is 1. The van der Waals surface area contributed by atoms with Crippen LogP contribution < -0.4 is 5.32 Å². The predicted octanol–water partition coefficient (Wildman–Crippen LogP) is 0.315. The van der Waals surface area contributed by atoms with Gasteiger partial charge in [-0.25, -0.2) is 0 Å². The van der Waals surface area contributed by atoms with E-state index in [1.165, 1.54) is 7.11 Å². The minimum Gasteiger partial charge on any atom is -0.469 e. The molecule has 0 aliphatic rings. The van der Waals surface area contributed by atoms with Gasteiger partial charge in [-0.05, 0) is 22.6 Å². The van der Waals surface area contributed by atoms with Crippen molar-refractivity contribution in [3.05, 3.63) is 36.2 Å². The van der Waals surface area contributed by atoms with Crippen molar-refractivity contribution in [2.45, 2.75) is 13.0 Å². The molecule has 7 nitrogen and oxygen atoms in total. The van der Waals surface area contributed by atoms with E-state index in [0.29, 0.717) is 25.3 Å². The largest absolute Gasteiger partial charge is 0.469 e. The molecule has 0 saturated carbocycles. The molecule has 1 aromatic heterocycles. The Balaban J connectivity index is 1.92. The van der Waals surface area contributed by atoms with Crippen LogP contribution in [0.2, 0.25) is 0 Å². The quantitative estimate of drug-likeness (QED) is 0.595. The minimum absolute atomic E-state index is 0.241. The van der Waals surface area contributed by atoms with E-state index in [1.54, 1.807) is 4.68 Å². The van der Waals surface area contributed by atoms with Gasteiger partial charge in [-0.15, -0.1) is 5.10 Å². The van der Waals surface area contributed by atoms with E-state index in [4.69, 9.17) is 0 Å². The first-order valence-electron chi connectivity index (χ1n) is 5.91. The fourth-order valence-electron chi connectivity index (χ4n) is 1.58. The first-order chi connectivity index (χ1) is 9.31. The number of hydrogen-bond acceptors (Lipinski definition) is 6. The van der Waals surface area contributed by atoms with E-state index < -0.39 is 0 Å². The number of carbonyl (C=O) groups is 1. The number of benzene rings is 1. The summed E-state index contributed by atoms with van der Waals surface area (Å²) >= 11 is 0. The highest BCUT2D eigenvalue weighted by atomic mass is 16.5. The molecule has 0 aliphatic heterocycles. The number of nitrogens with zero attached hydrogens (tertiary/aromatic N) is 4. The maximum atomic E-state index is 11.0.